The fourth-order valence-electron chi connectivity index (χ4n) is 3.71. The predicted molar refractivity (Wildman–Crippen MR) is 166 cm³/mol. The molecule has 0 aliphatic carbocycles. The second kappa shape index (κ2) is 17.8. The van der Waals surface area contributed by atoms with Crippen LogP contribution in [0.15, 0.2) is 59.6 Å². The number of anilines is 1. The number of carbonyl (C=O) groups is 4. The lowest BCUT2D eigenvalue weighted by atomic mass is 10.1. The van der Waals surface area contributed by atoms with Crippen LogP contribution in [-0.2, 0) is 30.5 Å². The lowest BCUT2D eigenvalue weighted by Crippen LogP contribution is -2.53. The minimum absolute atomic E-state index is 0.129. The summed E-state index contributed by atoms with van der Waals surface area (Å²) in [6, 6.07) is 12.1. The van der Waals surface area contributed by atoms with Crippen LogP contribution >= 0.6 is 0 Å². The number of carbonyl (C=O) groups excluding carboxylic acids is 4. The SMILES string of the molecule is CC(C)(C)OC(=O)N[C@@H](COCc1ccccc1)C(=O)NCC(=O)N[C@@H](CCCN=C(N)N)C(=O)Nc1ccc([N+](=O)[O-])cc1. The molecule has 45 heavy (non-hydrogen) atoms. The number of nitro groups is 1. The summed E-state index contributed by atoms with van der Waals surface area (Å²) in [7, 11) is 0. The second-order valence-electron chi connectivity index (χ2n) is 10.8. The Bertz CT molecular complexity index is 1330. The first-order valence-corrected chi connectivity index (χ1v) is 14.0. The van der Waals surface area contributed by atoms with Gasteiger partial charge in [0.15, 0.2) is 5.96 Å². The number of rotatable bonds is 16. The van der Waals surface area contributed by atoms with Crippen LogP contribution in [0.2, 0.25) is 0 Å². The second-order valence-corrected chi connectivity index (χ2v) is 10.8. The normalized spacial score (nSPS) is 12.2. The van der Waals surface area contributed by atoms with Crippen LogP contribution in [0.25, 0.3) is 0 Å². The molecule has 2 atom stereocenters. The number of hydrogen-bond donors (Lipinski definition) is 6. The van der Waals surface area contributed by atoms with Gasteiger partial charge in [0.25, 0.3) is 5.69 Å². The zero-order valence-corrected chi connectivity index (χ0v) is 25.4. The van der Waals surface area contributed by atoms with Crippen molar-refractivity contribution in [3.63, 3.8) is 0 Å². The van der Waals surface area contributed by atoms with Gasteiger partial charge in [-0.1, -0.05) is 30.3 Å². The lowest BCUT2D eigenvalue weighted by Gasteiger charge is -2.23. The number of nitrogens with one attached hydrogen (secondary N) is 4. The molecule has 2 rings (SSSR count). The first-order valence-electron chi connectivity index (χ1n) is 14.0. The minimum atomic E-state index is -1.20. The Hall–Kier alpha value is -5.25. The number of guanidine groups is 1. The molecule has 0 aromatic heterocycles. The van der Waals surface area contributed by atoms with Crippen LogP contribution < -0.4 is 32.7 Å². The summed E-state index contributed by atoms with van der Waals surface area (Å²) in [4.78, 5) is 65.4. The molecule has 0 aliphatic heterocycles. The molecule has 0 fully saturated rings. The van der Waals surface area contributed by atoms with Gasteiger partial charge in [-0.15, -0.1) is 0 Å². The van der Waals surface area contributed by atoms with Crippen molar-refractivity contribution in [1.29, 1.82) is 0 Å². The summed E-state index contributed by atoms with van der Waals surface area (Å²) in [6.07, 6.45) is -0.395. The van der Waals surface area contributed by atoms with Crippen molar-refractivity contribution in [3.05, 3.63) is 70.3 Å². The zero-order valence-electron chi connectivity index (χ0n) is 25.4. The van der Waals surface area contributed by atoms with Gasteiger partial charge >= 0.3 is 6.09 Å². The zero-order chi connectivity index (χ0) is 33.4. The van der Waals surface area contributed by atoms with Gasteiger partial charge in [-0.2, -0.15) is 0 Å². The predicted octanol–water partition coefficient (Wildman–Crippen LogP) is 1.30. The molecule has 16 nitrogen and oxygen atoms in total. The van der Waals surface area contributed by atoms with E-state index < -0.39 is 53.0 Å². The number of ether oxygens (including phenoxy) is 2. The van der Waals surface area contributed by atoms with E-state index in [1.165, 1.54) is 24.3 Å². The number of benzene rings is 2. The Balaban J connectivity index is 2.03. The minimum Gasteiger partial charge on any atom is -0.444 e. The molecule has 8 N–H and O–H groups in total. The average Bonchev–Trinajstić information content (AvgIpc) is 2.96. The average molecular weight is 629 g/mol. The maximum Gasteiger partial charge on any atom is 0.408 e. The van der Waals surface area contributed by atoms with Crippen molar-refractivity contribution in [2.75, 3.05) is 25.0 Å². The highest BCUT2D eigenvalue weighted by Crippen LogP contribution is 2.16. The van der Waals surface area contributed by atoms with E-state index in [0.717, 1.165) is 5.56 Å². The van der Waals surface area contributed by atoms with E-state index in [9.17, 15) is 29.3 Å². The third kappa shape index (κ3) is 14.7. The highest BCUT2D eigenvalue weighted by molar-refractivity contribution is 5.98. The Morgan fingerprint density at radius 3 is 2.22 bits per heavy atom. The van der Waals surface area contributed by atoms with Gasteiger partial charge in [0, 0.05) is 24.4 Å². The van der Waals surface area contributed by atoms with Gasteiger partial charge in [-0.3, -0.25) is 29.5 Å². The van der Waals surface area contributed by atoms with E-state index in [1.54, 1.807) is 20.8 Å². The lowest BCUT2D eigenvalue weighted by molar-refractivity contribution is -0.384. The molecule has 0 spiro atoms. The first kappa shape index (κ1) is 35.9. The van der Waals surface area contributed by atoms with Gasteiger partial charge in [-0.25, -0.2) is 4.79 Å². The maximum absolute atomic E-state index is 13.0. The maximum atomic E-state index is 13.0. The highest BCUT2D eigenvalue weighted by atomic mass is 16.6. The number of non-ortho nitro benzene ring substituents is 1. The number of alkyl carbamates (subject to hydrolysis) is 1. The standard InChI is InChI=1S/C29H40N8O8/c1-29(2,3)45-28(41)36-23(18-44-17-19-8-5-4-6-9-19)25(39)33-16-24(38)35-22(10-7-15-32-27(30)31)26(40)34-20-11-13-21(14-12-20)37(42)43/h4-6,8-9,11-14,22-23H,7,10,15-18H2,1-3H3,(H,33,39)(H,34,40)(H,35,38)(H,36,41)(H4,30,31,32)/t22-,23-/m0/s1. The highest BCUT2D eigenvalue weighted by Gasteiger charge is 2.26. The number of nitrogens with two attached hydrogens (primary N) is 2. The van der Waals surface area contributed by atoms with Gasteiger partial charge < -0.3 is 42.2 Å². The smallest absolute Gasteiger partial charge is 0.408 e. The third-order valence-corrected chi connectivity index (χ3v) is 5.77. The van der Waals surface area contributed by atoms with Crippen molar-refractivity contribution in [3.8, 4) is 0 Å². The summed E-state index contributed by atoms with van der Waals surface area (Å²) >= 11 is 0. The first-order chi connectivity index (χ1) is 21.2. The van der Waals surface area contributed by atoms with Crippen LogP contribution in [0.5, 0.6) is 0 Å². The van der Waals surface area contributed by atoms with Crippen LogP contribution in [-0.4, -0.2) is 72.1 Å². The van der Waals surface area contributed by atoms with Crippen molar-refractivity contribution in [2.45, 2.75) is 57.9 Å². The fraction of sp³-hybridized carbons (Fsp3) is 0.414. The summed E-state index contributed by atoms with van der Waals surface area (Å²) in [5, 5.41) is 21.0. The molecular formula is C29H40N8O8. The molecule has 0 radical (unpaired) electrons. The van der Waals surface area contributed by atoms with Crippen molar-refractivity contribution >= 4 is 41.1 Å². The number of nitro benzene ring substituents is 1. The van der Waals surface area contributed by atoms with Crippen LogP contribution in [0.3, 0.4) is 0 Å². The van der Waals surface area contributed by atoms with E-state index in [0.29, 0.717) is 6.42 Å². The Morgan fingerprint density at radius 2 is 1.62 bits per heavy atom. The van der Waals surface area contributed by atoms with Crippen molar-refractivity contribution < 1.29 is 33.6 Å². The van der Waals surface area contributed by atoms with Crippen molar-refractivity contribution in [1.82, 2.24) is 16.0 Å². The number of hydrogen-bond acceptors (Lipinski definition) is 9. The molecule has 0 aliphatic rings. The largest absolute Gasteiger partial charge is 0.444 e. The molecule has 16 heteroatoms. The van der Waals surface area contributed by atoms with Crippen LogP contribution in [0, 0.1) is 10.1 Å². The van der Waals surface area contributed by atoms with E-state index in [-0.39, 0.29) is 43.5 Å². The molecule has 244 valence electrons. The molecule has 0 heterocycles. The quantitative estimate of drug-likeness (QED) is 0.0511. The molecule has 0 unspecified atom stereocenters. The number of nitrogens with zero attached hydrogens (tertiary/aromatic N) is 2. The van der Waals surface area contributed by atoms with E-state index in [4.69, 9.17) is 20.9 Å². The molecule has 4 amide bonds. The molecule has 2 aromatic rings. The fourth-order valence-corrected chi connectivity index (χ4v) is 3.71. The Kier molecular flexibility index (Phi) is 14.2. The van der Waals surface area contributed by atoms with Gasteiger partial charge in [0.2, 0.25) is 17.7 Å². The van der Waals surface area contributed by atoms with E-state index in [1.807, 2.05) is 30.3 Å². The van der Waals surface area contributed by atoms with Crippen LogP contribution in [0.1, 0.15) is 39.2 Å². The van der Waals surface area contributed by atoms with Gasteiger partial charge in [-0.05, 0) is 51.3 Å². The van der Waals surface area contributed by atoms with E-state index >= 15 is 0 Å². The third-order valence-electron chi connectivity index (χ3n) is 5.77. The van der Waals surface area contributed by atoms with Gasteiger partial charge in [0.1, 0.15) is 17.7 Å². The molecule has 0 saturated carbocycles. The van der Waals surface area contributed by atoms with Gasteiger partial charge in [0.05, 0.1) is 24.7 Å². The Labute approximate surface area is 260 Å². The van der Waals surface area contributed by atoms with Crippen LogP contribution in [0.4, 0.5) is 16.2 Å². The summed E-state index contributed by atoms with van der Waals surface area (Å²) in [5.41, 5.74) is 10.8. The Morgan fingerprint density at radius 1 is 0.956 bits per heavy atom. The number of amides is 4. The molecule has 0 bridgehead atoms. The summed E-state index contributed by atoms with van der Waals surface area (Å²) in [6.45, 7) is 4.63. The topological polar surface area (TPSA) is 242 Å². The molecular weight excluding hydrogens is 588 g/mol. The number of aliphatic imine (C=N–C) groups is 1. The molecule has 2 aromatic carbocycles. The monoisotopic (exact) mass is 628 g/mol. The molecule has 0 saturated heterocycles. The summed E-state index contributed by atoms with van der Waals surface area (Å²) < 4.78 is 10.9. The van der Waals surface area contributed by atoms with Crippen molar-refractivity contribution in [2.24, 2.45) is 16.5 Å². The van der Waals surface area contributed by atoms with E-state index in [2.05, 4.69) is 26.3 Å². The summed E-state index contributed by atoms with van der Waals surface area (Å²) in [5.74, 6) is -2.15.